The van der Waals surface area contributed by atoms with Gasteiger partial charge in [-0.2, -0.15) is 17.5 Å². The maximum atomic E-state index is 12.7. The van der Waals surface area contributed by atoms with Crippen molar-refractivity contribution in [2.24, 2.45) is 0 Å². The highest BCUT2D eigenvalue weighted by atomic mass is 32.2. The zero-order valence-electron chi connectivity index (χ0n) is 11.5. The second-order valence-corrected chi connectivity index (χ2v) is 6.77. The van der Waals surface area contributed by atoms with Crippen LogP contribution in [-0.2, 0) is 16.2 Å². The lowest BCUT2D eigenvalue weighted by Crippen LogP contribution is -2.41. The van der Waals surface area contributed by atoms with Crippen LogP contribution in [-0.4, -0.2) is 38.4 Å². The number of alkyl halides is 3. The Morgan fingerprint density at radius 3 is 2.62 bits per heavy atom. The molecule has 0 aromatic heterocycles. The van der Waals surface area contributed by atoms with Crippen molar-refractivity contribution in [2.75, 3.05) is 19.6 Å². The fraction of sp³-hybridized carbons (Fsp3) is 0.538. The number of hydrogen-bond donors (Lipinski definition) is 1. The van der Waals surface area contributed by atoms with Gasteiger partial charge in [-0.15, -0.1) is 0 Å². The van der Waals surface area contributed by atoms with Crippen molar-refractivity contribution in [1.29, 1.82) is 0 Å². The van der Waals surface area contributed by atoms with E-state index in [1.165, 1.54) is 10.4 Å². The molecule has 1 aliphatic heterocycles. The summed E-state index contributed by atoms with van der Waals surface area (Å²) in [4.78, 5) is -0.314. The van der Waals surface area contributed by atoms with Gasteiger partial charge in [0.15, 0.2) is 0 Å². The Hall–Kier alpha value is -1.12. The molecular formula is C13H17F3N2O2S. The molecule has 1 N–H and O–H groups in total. The lowest BCUT2D eigenvalue weighted by atomic mass is 10.2. The molecule has 1 fully saturated rings. The van der Waals surface area contributed by atoms with Crippen molar-refractivity contribution in [3.8, 4) is 0 Å². The number of sulfonamides is 1. The normalized spacial score (nSPS) is 20.1. The highest BCUT2D eigenvalue weighted by molar-refractivity contribution is 7.89. The van der Waals surface area contributed by atoms with E-state index < -0.39 is 21.8 Å². The molecule has 2 rings (SSSR count). The molecule has 0 radical (unpaired) electrons. The van der Waals surface area contributed by atoms with Gasteiger partial charge in [0, 0.05) is 19.1 Å². The van der Waals surface area contributed by atoms with Crippen molar-refractivity contribution in [3.63, 3.8) is 0 Å². The Labute approximate surface area is 122 Å². The van der Waals surface area contributed by atoms with E-state index >= 15 is 0 Å². The van der Waals surface area contributed by atoms with Gasteiger partial charge in [-0.1, -0.05) is 13.0 Å². The molecule has 1 aromatic rings. The minimum Gasteiger partial charge on any atom is -0.315 e. The maximum Gasteiger partial charge on any atom is 0.416 e. The first-order valence-corrected chi connectivity index (χ1v) is 8.10. The molecular weight excluding hydrogens is 305 g/mol. The van der Waals surface area contributed by atoms with Crippen LogP contribution >= 0.6 is 0 Å². The van der Waals surface area contributed by atoms with E-state index in [9.17, 15) is 21.6 Å². The van der Waals surface area contributed by atoms with Gasteiger partial charge in [0.1, 0.15) is 0 Å². The van der Waals surface area contributed by atoms with Crippen molar-refractivity contribution >= 4 is 10.0 Å². The number of rotatable bonds is 4. The topological polar surface area (TPSA) is 49.4 Å². The number of hydrogen-bond acceptors (Lipinski definition) is 3. The molecule has 0 aliphatic carbocycles. The minimum atomic E-state index is -4.56. The quantitative estimate of drug-likeness (QED) is 0.923. The second-order valence-electron chi connectivity index (χ2n) is 4.88. The lowest BCUT2D eigenvalue weighted by Gasteiger charge is -2.26. The molecule has 0 spiro atoms. The van der Waals surface area contributed by atoms with Crippen LogP contribution in [0, 0.1) is 0 Å². The van der Waals surface area contributed by atoms with E-state index in [1.807, 2.05) is 0 Å². The lowest BCUT2D eigenvalue weighted by molar-refractivity contribution is -0.137. The van der Waals surface area contributed by atoms with Gasteiger partial charge in [-0.25, -0.2) is 8.42 Å². The van der Waals surface area contributed by atoms with Crippen LogP contribution in [0.3, 0.4) is 0 Å². The van der Waals surface area contributed by atoms with Crippen LogP contribution in [0.25, 0.3) is 0 Å². The molecule has 0 saturated carbocycles. The van der Waals surface area contributed by atoms with E-state index in [0.717, 1.165) is 12.1 Å². The molecule has 4 nitrogen and oxygen atoms in total. The van der Waals surface area contributed by atoms with Crippen molar-refractivity contribution in [2.45, 2.75) is 30.5 Å². The molecule has 0 amide bonds. The van der Waals surface area contributed by atoms with Gasteiger partial charge in [-0.3, -0.25) is 0 Å². The smallest absolute Gasteiger partial charge is 0.315 e. The Balaban J connectivity index is 2.38. The molecule has 8 heteroatoms. The first kappa shape index (κ1) is 16.3. The summed E-state index contributed by atoms with van der Waals surface area (Å²) < 4.78 is 64.6. The summed E-state index contributed by atoms with van der Waals surface area (Å²) in [6.07, 6.45) is -3.90. The van der Waals surface area contributed by atoms with E-state index in [4.69, 9.17) is 0 Å². The van der Waals surface area contributed by atoms with Crippen molar-refractivity contribution < 1.29 is 21.6 Å². The van der Waals surface area contributed by atoms with Crippen LogP contribution in [0.1, 0.15) is 18.9 Å². The SMILES string of the molecule is CCN(C1CCNC1)S(=O)(=O)c1cccc(C(F)(F)F)c1. The summed E-state index contributed by atoms with van der Waals surface area (Å²) in [6.45, 7) is 3.14. The second kappa shape index (κ2) is 5.94. The Bertz CT molecular complexity index is 596. The minimum absolute atomic E-state index is 0.213. The Morgan fingerprint density at radius 2 is 2.10 bits per heavy atom. The van der Waals surface area contributed by atoms with Crippen LogP contribution < -0.4 is 5.32 Å². The zero-order valence-corrected chi connectivity index (χ0v) is 12.3. The van der Waals surface area contributed by atoms with E-state index in [1.54, 1.807) is 6.92 Å². The van der Waals surface area contributed by atoms with Crippen molar-refractivity contribution in [3.05, 3.63) is 29.8 Å². The molecule has 0 bridgehead atoms. The zero-order chi connectivity index (χ0) is 15.7. The van der Waals surface area contributed by atoms with Gasteiger partial charge < -0.3 is 5.32 Å². The van der Waals surface area contributed by atoms with Gasteiger partial charge in [0.2, 0.25) is 10.0 Å². The van der Waals surface area contributed by atoms with Crippen LogP contribution in [0.2, 0.25) is 0 Å². The van der Waals surface area contributed by atoms with Gasteiger partial charge >= 0.3 is 6.18 Å². The number of nitrogens with zero attached hydrogens (tertiary/aromatic N) is 1. The van der Waals surface area contributed by atoms with E-state index in [-0.39, 0.29) is 17.5 Å². The fourth-order valence-electron chi connectivity index (χ4n) is 2.48. The Kier molecular flexibility index (Phi) is 4.60. The van der Waals surface area contributed by atoms with Crippen molar-refractivity contribution in [1.82, 2.24) is 9.62 Å². The molecule has 118 valence electrons. The molecule has 1 heterocycles. The monoisotopic (exact) mass is 322 g/mol. The summed E-state index contributed by atoms with van der Waals surface area (Å²) in [5, 5.41) is 3.06. The predicted octanol–water partition coefficient (Wildman–Crippen LogP) is 2.08. The third kappa shape index (κ3) is 3.38. The standard InChI is InChI=1S/C13H17F3N2O2S/c1-2-18(11-6-7-17-9-11)21(19,20)12-5-3-4-10(8-12)13(14,15)16/h3-5,8,11,17H,2,6-7,9H2,1H3. The third-order valence-corrected chi connectivity index (χ3v) is 5.54. The first-order valence-electron chi connectivity index (χ1n) is 6.66. The number of benzene rings is 1. The summed E-state index contributed by atoms with van der Waals surface area (Å²) in [5.41, 5.74) is -0.954. The molecule has 1 aromatic carbocycles. The van der Waals surface area contributed by atoms with Crippen LogP contribution in [0.5, 0.6) is 0 Å². The highest BCUT2D eigenvalue weighted by Gasteiger charge is 2.35. The maximum absolute atomic E-state index is 12.7. The first-order chi connectivity index (χ1) is 9.76. The van der Waals surface area contributed by atoms with E-state index in [0.29, 0.717) is 25.6 Å². The molecule has 1 unspecified atom stereocenters. The number of likely N-dealkylation sites (N-methyl/N-ethyl adjacent to an activating group) is 1. The largest absolute Gasteiger partial charge is 0.416 e. The third-order valence-electron chi connectivity index (χ3n) is 3.52. The predicted molar refractivity (Wildman–Crippen MR) is 72.3 cm³/mol. The summed E-state index contributed by atoms with van der Waals surface area (Å²) in [7, 11) is -3.92. The average molecular weight is 322 g/mol. The fourth-order valence-corrected chi connectivity index (χ4v) is 4.19. The van der Waals surface area contributed by atoms with E-state index in [2.05, 4.69) is 5.32 Å². The number of nitrogens with one attached hydrogen (secondary N) is 1. The molecule has 21 heavy (non-hydrogen) atoms. The van der Waals surface area contributed by atoms with Gasteiger partial charge in [0.25, 0.3) is 0 Å². The molecule has 1 saturated heterocycles. The molecule has 1 aliphatic rings. The van der Waals surface area contributed by atoms with Crippen LogP contribution in [0.4, 0.5) is 13.2 Å². The summed E-state index contributed by atoms with van der Waals surface area (Å²) >= 11 is 0. The Morgan fingerprint density at radius 1 is 1.38 bits per heavy atom. The number of halogens is 3. The summed E-state index contributed by atoms with van der Waals surface area (Å²) in [6, 6.07) is 3.67. The van der Waals surface area contributed by atoms with Gasteiger partial charge in [-0.05, 0) is 31.2 Å². The van der Waals surface area contributed by atoms with Gasteiger partial charge in [0.05, 0.1) is 10.5 Å². The average Bonchev–Trinajstić information content (AvgIpc) is 2.92. The van der Waals surface area contributed by atoms with Crippen LogP contribution in [0.15, 0.2) is 29.2 Å². The molecule has 1 atom stereocenters. The summed E-state index contributed by atoms with van der Waals surface area (Å²) in [5.74, 6) is 0. The highest BCUT2D eigenvalue weighted by Crippen LogP contribution is 2.31.